The van der Waals surface area contributed by atoms with Crippen molar-refractivity contribution in [1.82, 2.24) is 15.2 Å². The number of benzene rings is 1. The van der Waals surface area contributed by atoms with Crippen LogP contribution in [0, 0.1) is 13.8 Å². The summed E-state index contributed by atoms with van der Waals surface area (Å²) in [5.74, 6) is 0.111. The van der Waals surface area contributed by atoms with Crippen molar-refractivity contribution in [1.29, 1.82) is 0 Å². The molecule has 0 spiro atoms. The summed E-state index contributed by atoms with van der Waals surface area (Å²) in [5.41, 5.74) is 3.22. The number of aryl methyl sites for hydroxylation is 2. The van der Waals surface area contributed by atoms with Gasteiger partial charge in [-0.25, -0.2) is 9.78 Å². The zero-order chi connectivity index (χ0) is 23.4. The van der Waals surface area contributed by atoms with Gasteiger partial charge in [0.15, 0.2) is 5.82 Å². The Kier molecular flexibility index (Phi) is 7.46. The van der Waals surface area contributed by atoms with Gasteiger partial charge in [-0.05, 0) is 39.2 Å². The van der Waals surface area contributed by atoms with E-state index in [-0.39, 0.29) is 24.4 Å². The number of hydrogen-bond acceptors (Lipinski definition) is 8. The molecule has 3 heterocycles. The third kappa shape index (κ3) is 5.45. The molecule has 1 saturated heterocycles. The topological polar surface area (TPSA) is 106 Å². The number of ether oxygens (including phenoxy) is 2. The number of carbonyl (C=O) groups excluding carboxylic acids is 2. The van der Waals surface area contributed by atoms with Crippen LogP contribution in [-0.2, 0) is 14.3 Å². The van der Waals surface area contributed by atoms with Crippen LogP contribution in [0.25, 0.3) is 11.1 Å². The molecule has 2 aromatic heterocycles. The lowest BCUT2D eigenvalue weighted by molar-refractivity contribution is -0.113. The molecule has 1 atom stereocenters. The van der Waals surface area contributed by atoms with E-state index in [1.807, 2.05) is 38.1 Å². The van der Waals surface area contributed by atoms with Gasteiger partial charge in [0, 0.05) is 17.0 Å². The minimum atomic E-state index is -0.449. The molecule has 1 unspecified atom stereocenters. The van der Waals surface area contributed by atoms with Crippen molar-refractivity contribution in [2.24, 2.45) is 0 Å². The van der Waals surface area contributed by atoms with Crippen LogP contribution in [0.2, 0.25) is 0 Å². The molecule has 1 aliphatic rings. The van der Waals surface area contributed by atoms with Crippen molar-refractivity contribution in [2.75, 3.05) is 24.3 Å². The molecule has 3 aromatic rings. The van der Waals surface area contributed by atoms with Crippen LogP contribution in [-0.4, -0.2) is 46.0 Å². The highest BCUT2D eigenvalue weighted by Gasteiger charge is 2.26. The van der Waals surface area contributed by atoms with Crippen molar-refractivity contribution < 1.29 is 19.1 Å². The Labute approximate surface area is 200 Å². The van der Waals surface area contributed by atoms with E-state index in [2.05, 4.69) is 20.5 Å². The maximum Gasteiger partial charge on any atom is 0.341 e. The lowest BCUT2D eigenvalue weighted by Gasteiger charge is -2.09. The number of aromatic amines is 1. The molecule has 0 saturated carbocycles. The lowest BCUT2D eigenvalue weighted by Crippen LogP contribution is -2.16. The number of aromatic nitrogens is 3. The fraction of sp³-hybridized carbons (Fsp3) is 0.391. The van der Waals surface area contributed by atoms with Crippen LogP contribution < -0.4 is 5.32 Å². The molecule has 1 fully saturated rings. The number of thiophene rings is 1. The number of esters is 1. The first-order chi connectivity index (χ1) is 16.0. The number of nitrogens with one attached hydrogen (secondary N) is 2. The molecule has 10 heteroatoms. The third-order valence-corrected chi connectivity index (χ3v) is 7.07. The van der Waals surface area contributed by atoms with Gasteiger partial charge in [0.2, 0.25) is 11.1 Å². The normalized spacial score (nSPS) is 15.5. The Morgan fingerprint density at radius 3 is 2.79 bits per heavy atom. The van der Waals surface area contributed by atoms with Gasteiger partial charge < -0.3 is 14.8 Å². The second-order valence-corrected chi connectivity index (χ2v) is 9.83. The van der Waals surface area contributed by atoms with Gasteiger partial charge in [0.1, 0.15) is 16.7 Å². The first-order valence-corrected chi connectivity index (χ1v) is 12.6. The fourth-order valence-corrected chi connectivity index (χ4v) is 5.34. The molecule has 0 aliphatic carbocycles. The summed E-state index contributed by atoms with van der Waals surface area (Å²) in [5, 5.41) is 10.9. The van der Waals surface area contributed by atoms with E-state index < -0.39 is 5.97 Å². The standard InChI is InChI=1S/C23H26N4O4S2/c1-4-30-22(29)19-18(15-9-7-13(2)8-10-15)14(3)33-21(19)24-17(28)12-32-23-25-20(26-27-23)16-6-5-11-31-16/h7-10,16H,4-6,11-12H2,1-3H3,(H,24,28)(H,25,26,27). The fourth-order valence-electron chi connectivity index (χ4n) is 3.65. The van der Waals surface area contributed by atoms with E-state index in [1.165, 1.54) is 23.1 Å². The molecule has 0 bridgehead atoms. The van der Waals surface area contributed by atoms with Crippen LogP contribution >= 0.6 is 23.1 Å². The van der Waals surface area contributed by atoms with Gasteiger partial charge in [-0.2, -0.15) is 0 Å². The Morgan fingerprint density at radius 2 is 2.09 bits per heavy atom. The molecule has 2 N–H and O–H groups in total. The number of rotatable bonds is 8. The molecule has 33 heavy (non-hydrogen) atoms. The maximum absolute atomic E-state index is 12.8. The molecule has 8 nitrogen and oxygen atoms in total. The lowest BCUT2D eigenvalue weighted by atomic mass is 10.0. The second-order valence-electron chi connectivity index (χ2n) is 7.67. The van der Waals surface area contributed by atoms with Crippen molar-refractivity contribution >= 4 is 40.0 Å². The largest absolute Gasteiger partial charge is 0.462 e. The molecular weight excluding hydrogens is 460 g/mol. The molecule has 1 aromatic carbocycles. The predicted molar refractivity (Wildman–Crippen MR) is 129 cm³/mol. The highest BCUT2D eigenvalue weighted by Crippen LogP contribution is 2.40. The molecule has 4 rings (SSSR count). The van der Waals surface area contributed by atoms with Gasteiger partial charge in [-0.15, -0.1) is 16.4 Å². The van der Waals surface area contributed by atoms with Gasteiger partial charge in [-0.1, -0.05) is 41.6 Å². The predicted octanol–water partition coefficient (Wildman–Crippen LogP) is 4.91. The zero-order valence-corrected chi connectivity index (χ0v) is 20.4. The van der Waals surface area contributed by atoms with Crippen LogP contribution in [0.3, 0.4) is 0 Å². The van der Waals surface area contributed by atoms with E-state index in [0.29, 0.717) is 21.5 Å². The van der Waals surface area contributed by atoms with E-state index in [4.69, 9.17) is 9.47 Å². The minimum Gasteiger partial charge on any atom is -0.462 e. The highest BCUT2D eigenvalue weighted by molar-refractivity contribution is 7.99. The average Bonchev–Trinajstić information content (AvgIpc) is 3.53. The van der Waals surface area contributed by atoms with E-state index >= 15 is 0 Å². The van der Waals surface area contributed by atoms with Crippen LogP contribution in [0.1, 0.15) is 52.5 Å². The number of nitrogens with zero attached hydrogens (tertiary/aromatic N) is 2. The molecule has 1 amide bonds. The molecular formula is C23H26N4O4S2. The van der Waals surface area contributed by atoms with Crippen LogP contribution in [0.4, 0.5) is 5.00 Å². The number of H-pyrrole nitrogens is 1. The van der Waals surface area contributed by atoms with Crippen LogP contribution in [0.15, 0.2) is 29.4 Å². The quantitative estimate of drug-likeness (QED) is 0.344. The third-order valence-electron chi connectivity index (χ3n) is 5.21. The zero-order valence-electron chi connectivity index (χ0n) is 18.8. The van der Waals surface area contributed by atoms with E-state index in [1.54, 1.807) is 6.92 Å². The van der Waals surface area contributed by atoms with Crippen LogP contribution in [0.5, 0.6) is 0 Å². The first-order valence-electron chi connectivity index (χ1n) is 10.8. The summed E-state index contributed by atoms with van der Waals surface area (Å²) in [6, 6.07) is 7.95. The Balaban J connectivity index is 1.49. The summed E-state index contributed by atoms with van der Waals surface area (Å²) in [6.07, 6.45) is 1.86. The highest BCUT2D eigenvalue weighted by atomic mass is 32.2. The summed E-state index contributed by atoms with van der Waals surface area (Å²) in [7, 11) is 0. The van der Waals surface area contributed by atoms with Crippen molar-refractivity contribution in [3.8, 4) is 11.1 Å². The number of thioether (sulfide) groups is 1. The monoisotopic (exact) mass is 486 g/mol. The summed E-state index contributed by atoms with van der Waals surface area (Å²) >= 11 is 2.60. The average molecular weight is 487 g/mol. The first kappa shape index (κ1) is 23.5. The minimum absolute atomic E-state index is 0.0536. The second kappa shape index (κ2) is 10.5. The van der Waals surface area contributed by atoms with Crippen molar-refractivity contribution in [3.63, 3.8) is 0 Å². The van der Waals surface area contributed by atoms with Gasteiger partial charge in [-0.3, -0.25) is 9.89 Å². The molecule has 0 radical (unpaired) electrons. The Morgan fingerprint density at radius 1 is 1.30 bits per heavy atom. The van der Waals surface area contributed by atoms with Crippen molar-refractivity contribution in [3.05, 3.63) is 46.1 Å². The molecule has 1 aliphatic heterocycles. The SMILES string of the molecule is CCOC(=O)c1c(NC(=O)CSc2n[nH]c(C3CCCO3)n2)sc(C)c1-c1ccc(C)cc1. The smallest absolute Gasteiger partial charge is 0.341 e. The van der Waals surface area contributed by atoms with Gasteiger partial charge in [0.05, 0.1) is 12.4 Å². The summed E-state index contributed by atoms with van der Waals surface area (Å²) in [6.45, 7) is 6.69. The Hall–Kier alpha value is -2.69. The molecule has 174 valence electrons. The number of hydrogen-bond donors (Lipinski definition) is 2. The number of amides is 1. The Bertz CT molecular complexity index is 1130. The summed E-state index contributed by atoms with van der Waals surface area (Å²) < 4.78 is 10.9. The van der Waals surface area contributed by atoms with Crippen molar-refractivity contribution in [2.45, 2.75) is 44.9 Å². The number of carbonyl (C=O) groups is 2. The summed E-state index contributed by atoms with van der Waals surface area (Å²) in [4.78, 5) is 30.9. The van der Waals surface area contributed by atoms with Gasteiger partial charge >= 0.3 is 5.97 Å². The number of anilines is 1. The van der Waals surface area contributed by atoms with E-state index in [9.17, 15) is 9.59 Å². The van der Waals surface area contributed by atoms with Gasteiger partial charge in [0.25, 0.3) is 0 Å². The van der Waals surface area contributed by atoms with E-state index in [0.717, 1.165) is 41.0 Å². The maximum atomic E-state index is 12.8.